The first-order valence-corrected chi connectivity index (χ1v) is 6.21. The van der Waals surface area contributed by atoms with Crippen LogP contribution in [0.2, 0.25) is 0 Å². The number of aliphatic hydroxyl groups is 1. The molecule has 2 amide bonds. The van der Waals surface area contributed by atoms with E-state index in [0.717, 1.165) is 0 Å². The Morgan fingerprint density at radius 2 is 1.89 bits per heavy atom. The van der Waals surface area contributed by atoms with Gasteiger partial charge in [-0.15, -0.1) is 0 Å². The molecule has 0 saturated heterocycles. The molecule has 1 unspecified atom stereocenters. The summed E-state index contributed by atoms with van der Waals surface area (Å²) in [4.78, 5) is 24.7. The van der Waals surface area contributed by atoms with E-state index in [2.05, 4.69) is 5.32 Å². The minimum Gasteiger partial charge on any atom is -0.393 e. The Balaban J connectivity index is 3.99. The number of aliphatic hydroxyl groups excluding tert-OH is 1. The van der Waals surface area contributed by atoms with E-state index >= 15 is 0 Å². The van der Waals surface area contributed by atoms with E-state index in [4.69, 9.17) is 10.8 Å². The molecule has 0 aromatic heterocycles. The highest BCUT2D eigenvalue weighted by Gasteiger charge is 2.18. The van der Waals surface area contributed by atoms with Gasteiger partial charge >= 0.3 is 0 Å². The first-order valence-electron chi connectivity index (χ1n) is 6.21. The number of likely N-dealkylation sites (N-methyl/N-ethyl adjacent to an activating group) is 1. The fraction of sp³-hybridized carbons (Fsp3) is 0.833. The van der Waals surface area contributed by atoms with Gasteiger partial charge in [0.1, 0.15) is 0 Å². The standard InChI is InChI=1S/C12H25N3O3/c1-8(2)11(13)12(18)14-7-10(17)15(4)6-5-9(3)16/h8-9,11,16H,5-7,13H2,1-4H3,(H,14,18)/t9?,11-/m0/s1. The van der Waals surface area contributed by atoms with Crippen molar-refractivity contribution < 1.29 is 14.7 Å². The van der Waals surface area contributed by atoms with Crippen LogP contribution in [0, 0.1) is 5.92 Å². The number of rotatable bonds is 7. The van der Waals surface area contributed by atoms with Crippen molar-refractivity contribution in [3.63, 3.8) is 0 Å². The number of nitrogens with two attached hydrogens (primary N) is 1. The summed E-state index contributed by atoms with van der Waals surface area (Å²) in [5, 5.41) is 11.6. The van der Waals surface area contributed by atoms with Crippen molar-refractivity contribution in [1.29, 1.82) is 0 Å². The molecular weight excluding hydrogens is 234 g/mol. The maximum atomic E-state index is 11.6. The first-order chi connectivity index (χ1) is 8.25. The van der Waals surface area contributed by atoms with Gasteiger partial charge in [-0.1, -0.05) is 13.8 Å². The molecule has 0 spiro atoms. The largest absolute Gasteiger partial charge is 0.393 e. The summed E-state index contributed by atoms with van der Waals surface area (Å²) in [7, 11) is 1.64. The summed E-state index contributed by atoms with van der Waals surface area (Å²) in [6.07, 6.45) is 0.0750. The lowest BCUT2D eigenvalue weighted by molar-refractivity contribution is -0.132. The van der Waals surface area contributed by atoms with Crippen molar-refractivity contribution in [3.05, 3.63) is 0 Å². The molecule has 0 aliphatic heterocycles. The highest BCUT2D eigenvalue weighted by Crippen LogP contribution is 1.98. The summed E-state index contributed by atoms with van der Waals surface area (Å²) in [5.41, 5.74) is 5.65. The number of carbonyl (C=O) groups is 2. The van der Waals surface area contributed by atoms with Crippen molar-refractivity contribution in [2.24, 2.45) is 11.7 Å². The van der Waals surface area contributed by atoms with Crippen molar-refractivity contribution in [2.75, 3.05) is 20.1 Å². The van der Waals surface area contributed by atoms with Crippen molar-refractivity contribution >= 4 is 11.8 Å². The molecule has 6 nitrogen and oxygen atoms in total. The van der Waals surface area contributed by atoms with Gasteiger partial charge in [0.15, 0.2) is 0 Å². The number of nitrogens with one attached hydrogen (secondary N) is 1. The number of hydrogen-bond acceptors (Lipinski definition) is 4. The molecule has 0 fully saturated rings. The molecule has 0 aliphatic rings. The molecule has 0 radical (unpaired) electrons. The topological polar surface area (TPSA) is 95.7 Å². The third-order valence-corrected chi connectivity index (χ3v) is 2.74. The lowest BCUT2D eigenvalue weighted by Crippen LogP contribution is -2.47. The van der Waals surface area contributed by atoms with Gasteiger partial charge in [-0.3, -0.25) is 9.59 Å². The molecule has 6 heteroatoms. The maximum absolute atomic E-state index is 11.6. The van der Waals surface area contributed by atoms with Gasteiger partial charge in [0, 0.05) is 13.6 Å². The minimum atomic E-state index is -0.597. The van der Waals surface area contributed by atoms with Crippen LogP contribution in [-0.4, -0.2) is 54.1 Å². The van der Waals surface area contributed by atoms with Gasteiger partial charge in [0.05, 0.1) is 18.7 Å². The van der Waals surface area contributed by atoms with Crippen LogP contribution in [0.5, 0.6) is 0 Å². The predicted molar refractivity (Wildman–Crippen MR) is 69.8 cm³/mol. The van der Waals surface area contributed by atoms with E-state index in [1.165, 1.54) is 4.90 Å². The van der Waals surface area contributed by atoms with Crippen LogP contribution in [0.1, 0.15) is 27.2 Å². The van der Waals surface area contributed by atoms with Gasteiger partial charge in [0.25, 0.3) is 0 Å². The zero-order valence-corrected chi connectivity index (χ0v) is 11.6. The van der Waals surface area contributed by atoms with Crippen molar-refractivity contribution in [3.8, 4) is 0 Å². The number of hydrogen-bond donors (Lipinski definition) is 3. The van der Waals surface area contributed by atoms with Crippen LogP contribution < -0.4 is 11.1 Å². The number of nitrogens with zero attached hydrogens (tertiary/aromatic N) is 1. The molecular formula is C12H25N3O3. The predicted octanol–water partition coefficient (Wildman–Crippen LogP) is -0.685. The Bertz CT molecular complexity index is 280. The van der Waals surface area contributed by atoms with Crippen LogP contribution >= 0.6 is 0 Å². The van der Waals surface area contributed by atoms with Crippen LogP contribution in [0.3, 0.4) is 0 Å². The van der Waals surface area contributed by atoms with E-state index in [0.29, 0.717) is 13.0 Å². The Morgan fingerprint density at radius 3 is 2.33 bits per heavy atom. The lowest BCUT2D eigenvalue weighted by Gasteiger charge is -2.20. The zero-order valence-electron chi connectivity index (χ0n) is 11.6. The summed E-state index contributed by atoms with van der Waals surface area (Å²) < 4.78 is 0. The molecule has 0 bridgehead atoms. The second-order valence-electron chi connectivity index (χ2n) is 4.94. The summed E-state index contributed by atoms with van der Waals surface area (Å²) in [6, 6.07) is -0.597. The third-order valence-electron chi connectivity index (χ3n) is 2.74. The number of carbonyl (C=O) groups excluding carboxylic acids is 2. The Hall–Kier alpha value is -1.14. The second-order valence-corrected chi connectivity index (χ2v) is 4.94. The van der Waals surface area contributed by atoms with E-state index in [1.807, 2.05) is 13.8 Å². The summed E-state index contributed by atoms with van der Waals surface area (Å²) in [6.45, 7) is 5.77. The van der Waals surface area contributed by atoms with Crippen molar-refractivity contribution in [2.45, 2.75) is 39.3 Å². The molecule has 0 saturated carbocycles. The zero-order chi connectivity index (χ0) is 14.3. The van der Waals surface area contributed by atoms with Gasteiger partial charge in [0.2, 0.25) is 11.8 Å². The molecule has 4 N–H and O–H groups in total. The second kappa shape index (κ2) is 8.05. The van der Waals surface area contributed by atoms with E-state index in [1.54, 1.807) is 14.0 Å². The smallest absolute Gasteiger partial charge is 0.241 e. The summed E-state index contributed by atoms with van der Waals surface area (Å²) in [5.74, 6) is -0.477. The van der Waals surface area contributed by atoms with Gasteiger partial charge in [-0.05, 0) is 19.3 Å². The quantitative estimate of drug-likeness (QED) is 0.564. The molecule has 18 heavy (non-hydrogen) atoms. The fourth-order valence-corrected chi connectivity index (χ4v) is 1.22. The molecule has 0 aliphatic carbocycles. The van der Waals surface area contributed by atoms with Gasteiger partial charge in [-0.25, -0.2) is 0 Å². The Labute approximate surface area is 109 Å². The normalized spacial score (nSPS) is 14.2. The Morgan fingerprint density at radius 1 is 1.33 bits per heavy atom. The van der Waals surface area contributed by atoms with Crippen molar-refractivity contribution in [1.82, 2.24) is 10.2 Å². The first kappa shape index (κ1) is 16.9. The average Bonchev–Trinajstić information content (AvgIpc) is 2.30. The molecule has 0 aromatic carbocycles. The fourth-order valence-electron chi connectivity index (χ4n) is 1.22. The lowest BCUT2D eigenvalue weighted by atomic mass is 10.1. The molecule has 106 valence electrons. The minimum absolute atomic E-state index is 0.0353. The summed E-state index contributed by atoms with van der Waals surface area (Å²) >= 11 is 0. The Kier molecular flexibility index (Phi) is 7.54. The third kappa shape index (κ3) is 6.56. The molecule has 0 heterocycles. The van der Waals surface area contributed by atoms with Crippen LogP contribution in [0.4, 0.5) is 0 Å². The highest BCUT2D eigenvalue weighted by molar-refractivity contribution is 5.87. The van der Waals surface area contributed by atoms with Crippen LogP contribution in [0.25, 0.3) is 0 Å². The van der Waals surface area contributed by atoms with E-state index < -0.39 is 12.1 Å². The van der Waals surface area contributed by atoms with Crippen LogP contribution in [0.15, 0.2) is 0 Å². The van der Waals surface area contributed by atoms with Crippen LogP contribution in [-0.2, 0) is 9.59 Å². The average molecular weight is 259 g/mol. The van der Waals surface area contributed by atoms with E-state index in [-0.39, 0.29) is 24.3 Å². The molecule has 0 rings (SSSR count). The van der Waals surface area contributed by atoms with E-state index in [9.17, 15) is 9.59 Å². The van der Waals surface area contributed by atoms with Gasteiger partial charge < -0.3 is 21.1 Å². The number of amides is 2. The highest BCUT2D eigenvalue weighted by atomic mass is 16.3. The monoisotopic (exact) mass is 259 g/mol. The van der Waals surface area contributed by atoms with Gasteiger partial charge in [-0.2, -0.15) is 0 Å². The SMILES string of the molecule is CC(O)CCN(C)C(=O)CNC(=O)[C@@H](N)C(C)C. The molecule has 0 aromatic rings. The maximum Gasteiger partial charge on any atom is 0.241 e. The molecule has 2 atom stereocenters.